The minimum atomic E-state index is -1.10. The van der Waals surface area contributed by atoms with Gasteiger partial charge in [0.1, 0.15) is 11.9 Å². The molecule has 2 aromatic carbocycles. The van der Waals surface area contributed by atoms with Crippen LogP contribution in [0.25, 0.3) is 10.9 Å². The van der Waals surface area contributed by atoms with Gasteiger partial charge in [0.05, 0.1) is 12.6 Å². The number of aromatic nitrogens is 1. The van der Waals surface area contributed by atoms with Crippen molar-refractivity contribution in [2.75, 3.05) is 26.7 Å². The summed E-state index contributed by atoms with van der Waals surface area (Å²) in [6.45, 7) is 2.81. The van der Waals surface area contributed by atoms with Crippen LogP contribution in [0, 0.1) is 11.8 Å². The molecule has 0 radical (unpaired) electrons. The summed E-state index contributed by atoms with van der Waals surface area (Å²) in [6, 6.07) is 15.3. The van der Waals surface area contributed by atoms with Gasteiger partial charge in [-0.3, -0.25) is 9.78 Å². The van der Waals surface area contributed by atoms with Crippen molar-refractivity contribution in [1.29, 1.82) is 0 Å². The number of benzene rings is 2. The number of pyridine rings is 1. The highest BCUT2D eigenvalue weighted by molar-refractivity contribution is 6.30. The Morgan fingerprint density at radius 2 is 2.08 bits per heavy atom. The van der Waals surface area contributed by atoms with E-state index in [1.165, 1.54) is 5.56 Å². The van der Waals surface area contributed by atoms with E-state index in [1.807, 2.05) is 36.4 Å². The summed E-state index contributed by atoms with van der Waals surface area (Å²) in [7, 11) is 1.60. The van der Waals surface area contributed by atoms with Crippen LogP contribution >= 0.6 is 11.6 Å². The van der Waals surface area contributed by atoms with Crippen molar-refractivity contribution in [3.8, 4) is 5.75 Å². The van der Waals surface area contributed by atoms with E-state index in [0.717, 1.165) is 61.2 Å². The molecule has 0 spiro atoms. The lowest BCUT2D eigenvalue weighted by molar-refractivity contribution is -0.137. The second-order valence-electron chi connectivity index (χ2n) is 10.1. The van der Waals surface area contributed by atoms with E-state index in [2.05, 4.69) is 16.0 Å². The Hall–Kier alpha value is -2.70. The topological polar surface area (TPSA) is 62.7 Å². The second kappa shape index (κ2) is 13.2. The number of methoxy groups -OCH3 is 1. The highest BCUT2D eigenvalue weighted by Crippen LogP contribution is 2.36. The molecule has 37 heavy (non-hydrogen) atoms. The van der Waals surface area contributed by atoms with E-state index in [1.54, 1.807) is 19.4 Å². The molecule has 1 aromatic heterocycles. The minimum Gasteiger partial charge on any atom is -0.497 e. The lowest BCUT2D eigenvalue weighted by Crippen LogP contribution is -2.41. The van der Waals surface area contributed by atoms with Crippen molar-refractivity contribution in [3.63, 3.8) is 0 Å². The molecule has 7 heteroatoms. The van der Waals surface area contributed by atoms with E-state index >= 15 is 4.39 Å². The highest BCUT2D eigenvalue weighted by Gasteiger charge is 2.30. The number of carboxylic acid groups (broad SMARTS) is 1. The summed E-state index contributed by atoms with van der Waals surface area (Å²) in [5.74, 6) is 0.504. The summed E-state index contributed by atoms with van der Waals surface area (Å²) in [6.07, 6.45) is 5.48. The molecular weight excluding hydrogens is 491 g/mol. The molecule has 0 aliphatic carbocycles. The summed E-state index contributed by atoms with van der Waals surface area (Å²) >= 11 is 6.11. The zero-order chi connectivity index (χ0) is 26.2. The van der Waals surface area contributed by atoms with Crippen LogP contribution in [0.3, 0.4) is 0 Å². The Labute approximate surface area is 223 Å². The van der Waals surface area contributed by atoms with E-state index in [9.17, 15) is 9.90 Å². The number of ether oxygens (including phenoxy) is 1. The molecular formula is C30H36ClFN2O3. The number of halogens is 2. The molecule has 2 heterocycles. The van der Waals surface area contributed by atoms with Crippen molar-refractivity contribution in [2.45, 2.75) is 51.1 Å². The number of carboxylic acids is 1. The van der Waals surface area contributed by atoms with E-state index in [0.29, 0.717) is 30.1 Å². The number of likely N-dealkylation sites (tertiary alicyclic amines) is 1. The van der Waals surface area contributed by atoms with Gasteiger partial charge < -0.3 is 14.7 Å². The van der Waals surface area contributed by atoms with Crippen molar-refractivity contribution in [2.24, 2.45) is 11.8 Å². The summed E-state index contributed by atoms with van der Waals surface area (Å²) in [5, 5.41) is 10.8. The lowest BCUT2D eigenvalue weighted by atomic mass is 9.79. The fraction of sp³-hybridized carbons (Fsp3) is 0.467. The van der Waals surface area contributed by atoms with Crippen molar-refractivity contribution in [1.82, 2.24) is 9.88 Å². The molecule has 1 N–H and O–H groups in total. The van der Waals surface area contributed by atoms with Gasteiger partial charge in [-0.15, -0.1) is 0 Å². The average Bonchev–Trinajstić information content (AvgIpc) is 2.90. The molecule has 5 nitrogen and oxygen atoms in total. The first kappa shape index (κ1) is 27.3. The highest BCUT2D eigenvalue weighted by atomic mass is 35.5. The number of carbonyl (C=O) groups is 1. The van der Waals surface area contributed by atoms with E-state index in [4.69, 9.17) is 16.3 Å². The lowest BCUT2D eigenvalue weighted by Gasteiger charge is -2.39. The maximum Gasteiger partial charge on any atom is 0.303 e. The molecule has 3 atom stereocenters. The molecule has 1 fully saturated rings. The third-order valence-corrected chi connectivity index (χ3v) is 7.88. The maximum absolute atomic E-state index is 15.5. The van der Waals surface area contributed by atoms with Crippen LogP contribution in [-0.4, -0.2) is 47.7 Å². The summed E-state index contributed by atoms with van der Waals surface area (Å²) < 4.78 is 20.9. The van der Waals surface area contributed by atoms with E-state index < -0.39 is 12.1 Å². The Morgan fingerprint density at radius 3 is 2.86 bits per heavy atom. The fourth-order valence-electron chi connectivity index (χ4n) is 5.64. The molecule has 0 saturated carbocycles. The first-order valence-corrected chi connectivity index (χ1v) is 13.6. The van der Waals surface area contributed by atoms with Crippen LogP contribution in [0.4, 0.5) is 4.39 Å². The maximum atomic E-state index is 15.5. The van der Waals surface area contributed by atoms with Gasteiger partial charge in [-0.2, -0.15) is 0 Å². The zero-order valence-electron chi connectivity index (χ0n) is 21.4. The first-order chi connectivity index (χ1) is 17.9. The zero-order valence-corrected chi connectivity index (χ0v) is 22.2. The largest absolute Gasteiger partial charge is 0.497 e. The third-order valence-electron chi connectivity index (χ3n) is 7.64. The van der Waals surface area contributed by atoms with Crippen LogP contribution in [0.15, 0.2) is 54.7 Å². The van der Waals surface area contributed by atoms with Gasteiger partial charge in [-0.1, -0.05) is 23.7 Å². The number of fused-ring (bicyclic) bond motifs is 1. The number of aliphatic carboxylic acids is 1. The van der Waals surface area contributed by atoms with E-state index in [-0.39, 0.29) is 12.3 Å². The van der Waals surface area contributed by atoms with Crippen molar-refractivity contribution in [3.05, 3.63) is 70.9 Å². The molecule has 0 bridgehead atoms. The summed E-state index contributed by atoms with van der Waals surface area (Å²) in [4.78, 5) is 18.1. The molecule has 0 amide bonds. The average molecular weight is 527 g/mol. The molecule has 198 valence electrons. The second-order valence-corrected chi connectivity index (χ2v) is 10.5. The molecule has 4 rings (SSSR count). The van der Waals surface area contributed by atoms with Crippen LogP contribution < -0.4 is 4.74 Å². The van der Waals surface area contributed by atoms with Gasteiger partial charge >= 0.3 is 5.97 Å². The van der Waals surface area contributed by atoms with Crippen LogP contribution in [-0.2, 0) is 11.2 Å². The van der Waals surface area contributed by atoms with Gasteiger partial charge in [0, 0.05) is 29.6 Å². The Balaban J connectivity index is 1.35. The van der Waals surface area contributed by atoms with Gasteiger partial charge in [-0.05, 0) is 111 Å². The van der Waals surface area contributed by atoms with Gasteiger partial charge in [0.25, 0.3) is 0 Å². The van der Waals surface area contributed by atoms with Crippen molar-refractivity contribution < 1.29 is 19.0 Å². The van der Waals surface area contributed by atoms with Gasteiger partial charge in [-0.25, -0.2) is 4.39 Å². The smallest absolute Gasteiger partial charge is 0.303 e. The van der Waals surface area contributed by atoms with Gasteiger partial charge in [0.2, 0.25) is 0 Å². The Bertz CT molecular complexity index is 1190. The molecule has 1 saturated heterocycles. The molecule has 3 aromatic rings. The number of alkyl halides is 1. The third kappa shape index (κ3) is 7.65. The first-order valence-electron chi connectivity index (χ1n) is 13.2. The predicted molar refractivity (Wildman–Crippen MR) is 146 cm³/mol. The molecule has 1 aliphatic rings. The summed E-state index contributed by atoms with van der Waals surface area (Å²) in [5.41, 5.74) is 2.64. The van der Waals surface area contributed by atoms with Crippen LogP contribution in [0.1, 0.15) is 55.8 Å². The number of nitrogens with zero attached hydrogens (tertiary/aromatic N) is 2. The van der Waals surface area contributed by atoms with Crippen molar-refractivity contribution >= 4 is 28.5 Å². The monoisotopic (exact) mass is 526 g/mol. The SMILES string of the molecule is COc1ccc2nccc(C(F)CC[C@@H]3CCN(CCCc4cccc(Cl)c4)C[C@@H]3CCC(=O)O)c2c1. The number of rotatable bonds is 12. The fourth-order valence-corrected chi connectivity index (χ4v) is 5.85. The normalized spacial score (nSPS) is 19.1. The standard InChI is InChI=1S/C30H36ClFN2O3/c1-37-25-9-11-29-27(19-25)26(13-15-33-29)28(32)10-7-22-14-17-34(20-23(22)8-12-30(35)36)16-3-5-21-4-2-6-24(31)18-21/h2,4,6,9,11,13,15,18-19,22-23,28H,3,5,7-8,10,12,14,16-17,20H2,1H3,(H,35,36)/t22-,23+,28?/m1/s1. The van der Waals surface area contributed by atoms with Gasteiger partial charge in [0.15, 0.2) is 0 Å². The number of hydrogen-bond donors (Lipinski definition) is 1. The predicted octanol–water partition coefficient (Wildman–Crippen LogP) is 7.12. The molecule has 1 aliphatic heterocycles. The van der Waals surface area contributed by atoms with Crippen LogP contribution in [0.5, 0.6) is 5.75 Å². The number of aryl methyl sites for hydroxylation is 1. The Morgan fingerprint density at radius 1 is 1.22 bits per heavy atom. The Kier molecular flexibility index (Phi) is 9.75. The number of piperidine rings is 1. The minimum absolute atomic E-state index is 0.158. The molecule has 1 unspecified atom stereocenters. The number of hydrogen-bond acceptors (Lipinski definition) is 4. The van der Waals surface area contributed by atoms with Crippen LogP contribution in [0.2, 0.25) is 5.02 Å². The quantitative estimate of drug-likeness (QED) is 0.272.